The van der Waals surface area contributed by atoms with E-state index in [-0.39, 0.29) is 12.4 Å². The summed E-state index contributed by atoms with van der Waals surface area (Å²) in [5.74, 6) is -0.584. The van der Waals surface area contributed by atoms with Gasteiger partial charge in [0.15, 0.2) is 0 Å². The first-order valence-corrected chi connectivity index (χ1v) is 3.23. The van der Waals surface area contributed by atoms with E-state index >= 15 is 0 Å². The molecular weight excluding hydrogens is 174 g/mol. The van der Waals surface area contributed by atoms with Crippen molar-refractivity contribution < 1.29 is 9.90 Å². The van der Waals surface area contributed by atoms with Crippen LogP contribution in [0, 0.1) is 0 Å². The monoisotopic (exact) mass is 185 g/mol. The Morgan fingerprint density at radius 1 is 1.80 bits per heavy atom. The quantitative estimate of drug-likeness (QED) is 0.558. The number of halogens is 1. The Labute approximate surface area is 72.0 Å². The smallest absolute Gasteiger partial charge is 0.324 e. The molecule has 62 valence electrons. The molecule has 0 unspecified atom stereocenters. The maximum atomic E-state index is 10.4. The third kappa shape index (κ3) is 2.77. The zero-order chi connectivity index (χ0) is 7.49. The van der Waals surface area contributed by atoms with Crippen molar-refractivity contribution in [1.29, 1.82) is 0 Å². The molecule has 0 aromatic rings. The molecule has 0 fully saturated rings. The first-order valence-electron chi connectivity index (χ1n) is 2.60. The summed E-state index contributed by atoms with van der Waals surface area (Å²) in [7, 11) is 1.60. The highest BCUT2D eigenvalue weighted by Crippen LogP contribution is 2.03. The van der Waals surface area contributed by atoms with Gasteiger partial charge in [0.1, 0.15) is 5.54 Å². The minimum absolute atomic E-state index is 0. The molecule has 3 nitrogen and oxygen atoms in total. The molecule has 0 aromatic heterocycles. The SMILES string of the molecule is CN[C@@](C)(CS)C(=O)O.Cl. The molecule has 0 amide bonds. The van der Waals surface area contributed by atoms with E-state index in [1.54, 1.807) is 14.0 Å². The van der Waals surface area contributed by atoms with Crippen molar-refractivity contribution in [3.05, 3.63) is 0 Å². The fraction of sp³-hybridized carbons (Fsp3) is 0.800. The summed E-state index contributed by atoms with van der Waals surface area (Å²) in [6, 6.07) is 0. The fourth-order valence-corrected chi connectivity index (χ4v) is 0.547. The number of hydrogen-bond acceptors (Lipinski definition) is 3. The van der Waals surface area contributed by atoms with E-state index in [1.165, 1.54) is 0 Å². The maximum Gasteiger partial charge on any atom is 0.324 e. The Hall–Kier alpha value is 0.0700. The van der Waals surface area contributed by atoms with Gasteiger partial charge in [-0.25, -0.2) is 0 Å². The fourth-order valence-electron chi connectivity index (χ4n) is 0.254. The summed E-state index contributed by atoms with van der Waals surface area (Å²) < 4.78 is 0. The predicted molar refractivity (Wildman–Crippen MR) is 46.2 cm³/mol. The lowest BCUT2D eigenvalue weighted by atomic mass is 10.1. The van der Waals surface area contributed by atoms with Gasteiger partial charge in [0, 0.05) is 5.75 Å². The van der Waals surface area contributed by atoms with Crippen LogP contribution >= 0.6 is 25.0 Å². The molecule has 0 bridgehead atoms. The van der Waals surface area contributed by atoms with Crippen LogP contribution in [0.2, 0.25) is 0 Å². The standard InChI is InChI=1S/C5H11NO2S.ClH/c1-5(3-9,6-2)4(7)8;/h6,9H,3H2,1-2H3,(H,7,8);1H/t5-;/m0./s1. The summed E-state index contributed by atoms with van der Waals surface area (Å²) in [4.78, 5) is 10.4. The van der Waals surface area contributed by atoms with Gasteiger partial charge >= 0.3 is 5.97 Å². The molecule has 0 spiro atoms. The van der Waals surface area contributed by atoms with E-state index in [2.05, 4.69) is 17.9 Å². The number of hydrogen-bond donors (Lipinski definition) is 3. The van der Waals surface area contributed by atoms with Gasteiger partial charge in [-0.2, -0.15) is 12.6 Å². The first kappa shape index (κ1) is 12.7. The molecule has 0 saturated heterocycles. The number of thiol groups is 1. The van der Waals surface area contributed by atoms with Crippen molar-refractivity contribution in [2.75, 3.05) is 12.8 Å². The van der Waals surface area contributed by atoms with Gasteiger partial charge in [-0.15, -0.1) is 12.4 Å². The van der Waals surface area contributed by atoms with Crippen molar-refractivity contribution in [3.8, 4) is 0 Å². The second kappa shape index (κ2) is 4.82. The van der Waals surface area contributed by atoms with E-state index in [1.807, 2.05) is 0 Å². The van der Waals surface area contributed by atoms with E-state index in [4.69, 9.17) is 5.11 Å². The van der Waals surface area contributed by atoms with Crippen LogP contribution in [0.25, 0.3) is 0 Å². The lowest BCUT2D eigenvalue weighted by Crippen LogP contribution is -2.49. The van der Waals surface area contributed by atoms with E-state index in [0.29, 0.717) is 5.75 Å². The van der Waals surface area contributed by atoms with Crippen molar-refractivity contribution in [2.24, 2.45) is 0 Å². The van der Waals surface area contributed by atoms with Crippen LogP contribution in [0.5, 0.6) is 0 Å². The van der Waals surface area contributed by atoms with Crippen molar-refractivity contribution >= 4 is 31.0 Å². The summed E-state index contributed by atoms with van der Waals surface area (Å²) in [5, 5.41) is 11.2. The second-order valence-electron chi connectivity index (χ2n) is 2.05. The maximum absolute atomic E-state index is 10.4. The van der Waals surface area contributed by atoms with Crippen LogP contribution in [-0.2, 0) is 4.79 Å². The number of rotatable bonds is 3. The van der Waals surface area contributed by atoms with Crippen LogP contribution in [0.15, 0.2) is 0 Å². The topological polar surface area (TPSA) is 49.3 Å². The molecule has 0 radical (unpaired) electrons. The minimum atomic E-state index is -0.886. The number of aliphatic carboxylic acids is 1. The van der Waals surface area contributed by atoms with Gasteiger partial charge in [0.2, 0.25) is 0 Å². The molecule has 0 aliphatic heterocycles. The largest absolute Gasteiger partial charge is 0.480 e. The first-order chi connectivity index (χ1) is 4.06. The van der Waals surface area contributed by atoms with Gasteiger partial charge < -0.3 is 10.4 Å². The summed E-state index contributed by atoms with van der Waals surface area (Å²) in [6.45, 7) is 1.59. The summed E-state index contributed by atoms with van der Waals surface area (Å²) >= 11 is 3.88. The molecular formula is C5H12ClNO2S. The highest BCUT2D eigenvalue weighted by atomic mass is 35.5. The Morgan fingerprint density at radius 3 is 2.20 bits per heavy atom. The van der Waals surface area contributed by atoms with Gasteiger partial charge in [0.25, 0.3) is 0 Å². The van der Waals surface area contributed by atoms with Crippen molar-refractivity contribution in [3.63, 3.8) is 0 Å². The molecule has 5 heteroatoms. The number of likely N-dealkylation sites (N-methyl/N-ethyl adjacent to an activating group) is 1. The number of carbonyl (C=O) groups is 1. The van der Waals surface area contributed by atoms with E-state index in [9.17, 15) is 4.79 Å². The molecule has 0 heterocycles. The Balaban J connectivity index is 0. The molecule has 2 N–H and O–H groups in total. The van der Waals surface area contributed by atoms with Crippen LogP contribution in [-0.4, -0.2) is 29.4 Å². The molecule has 0 aliphatic carbocycles. The van der Waals surface area contributed by atoms with Crippen molar-refractivity contribution in [2.45, 2.75) is 12.5 Å². The number of carboxylic acids is 1. The van der Waals surface area contributed by atoms with Gasteiger partial charge in [-0.05, 0) is 14.0 Å². The average molecular weight is 186 g/mol. The van der Waals surface area contributed by atoms with Gasteiger partial charge in [-0.1, -0.05) is 0 Å². The zero-order valence-corrected chi connectivity index (χ0v) is 7.63. The van der Waals surface area contributed by atoms with Gasteiger partial charge in [0.05, 0.1) is 0 Å². The zero-order valence-electron chi connectivity index (χ0n) is 5.92. The number of nitrogens with one attached hydrogen (secondary N) is 1. The summed E-state index contributed by atoms with van der Waals surface area (Å²) in [6.07, 6.45) is 0. The van der Waals surface area contributed by atoms with Crippen molar-refractivity contribution in [1.82, 2.24) is 5.32 Å². The lowest BCUT2D eigenvalue weighted by Gasteiger charge is -2.20. The molecule has 0 rings (SSSR count). The normalized spacial score (nSPS) is 15.1. The van der Waals surface area contributed by atoms with E-state index in [0.717, 1.165) is 0 Å². The molecule has 1 atom stereocenters. The molecule has 0 aliphatic rings. The minimum Gasteiger partial charge on any atom is -0.480 e. The van der Waals surface area contributed by atoms with Gasteiger partial charge in [-0.3, -0.25) is 4.79 Å². The van der Waals surface area contributed by atoms with Crippen LogP contribution < -0.4 is 5.32 Å². The molecule has 0 aromatic carbocycles. The highest BCUT2D eigenvalue weighted by molar-refractivity contribution is 7.80. The second-order valence-corrected chi connectivity index (χ2v) is 2.36. The van der Waals surface area contributed by atoms with E-state index < -0.39 is 11.5 Å². The Kier molecular flexibility index (Phi) is 6.13. The summed E-state index contributed by atoms with van der Waals surface area (Å²) in [5.41, 5.74) is -0.886. The third-order valence-electron chi connectivity index (χ3n) is 1.34. The predicted octanol–water partition coefficient (Wildman–Crippen LogP) is 0.401. The Bertz CT molecular complexity index is 116. The highest BCUT2D eigenvalue weighted by Gasteiger charge is 2.28. The number of carboxylic acid groups (broad SMARTS) is 1. The van der Waals surface area contributed by atoms with Crippen LogP contribution in [0.4, 0.5) is 0 Å². The third-order valence-corrected chi connectivity index (χ3v) is 1.97. The Morgan fingerprint density at radius 2 is 2.20 bits per heavy atom. The van der Waals surface area contributed by atoms with Crippen LogP contribution in [0.3, 0.4) is 0 Å². The van der Waals surface area contributed by atoms with Crippen LogP contribution in [0.1, 0.15) is 6.92 Å². The molecule has 0 saturated carbocycles. The average Bonchev–Trinajstić information content (AvgIpc) is 1.86. The lowest BCUT2D eigenvalue weighted by molar-refractivity contribution is -0.142. The molecule has 10 heavy (non-hydrogen) atoms.